The molecule has 3 rings (SSSR count). The average molecular weight is 414 g/mol. The molecular weight excluding hydrogens is 386 g/mol. The van der Waals surface area contributed by atoms with E-state index in [2.05, 4.69) is 4.90 Å². The van der Waals surface area contributed by atoms with Crippen LogP contribution in [-0.2, 0) is 0 Å². The fourth-order valence-corrected chi connectivity index (χ4v) is 4.10. The Bertz CT molecular complexity index is 971. The third-order valence-corrected chi connectivity index (χ3v) is 5.51. The lowest BCUT2D eigenvalue weighted by Gasteiger charge is -2.22. The molecule has 0 spiro atoms. The summed E-state index contributed by atoms with van der Waals surface area (Å²) in [5.41, 5.74) is 1.32. The minimum atomic E-state index is -0.113. The van der Waals surface area contributed by atoms with Gasteiger partial charge >= 0.3 is 0 Å². The van der Waals surface area contributed by atoms with Gasteiger partial charge in [0, 0.05) is 6.54 Å². The molecule has 1 aromatic heterocycles. The summed E-state index contributed by atoms with van der Waals surface area (Å²) < 4.78 is 12.1. The van der Waals surface area contributed by atoms with Gasteiger partial charge in [0.15, 0.2) is 5.13 Å². The number of para-hydroxylation sites is 2. The molecule has 0 N–H and O–H groups in total. The second-order valence-electron chi connectivity index (χ2n) is 6.85. The van der Waals surface area contributed by atoms with Gasteiger partial charge in [0.2, 0.25) is 0 Å². The Kier molecular flexibility index (Phi) is 7.06. The zero-order chi connectivity index (χ0) is 20.8. The van der Waals surface area contributed by atoms with Gasteiger partial charge in [-0.2, -0.15) is 0 Å². The van der Waals surface area contributed by atoms with E-state index in [9.17, 15) is 4.79 Å². The van der Waals surface area contributed by atoms with Gasteiger partial charge in [-0.15, -0.1) is 0 Å². The highest BCUT2D eigenvalue weighted by atomic mass is 32.1. The Morgan fingerprint density at radius 1 is 1.07 bits per heavy atom. The molecule has 1 amide bonds. The van der Waals surface area contributed by atoms with Gasteiger partial charge in [-0.05, 0) is 58.3 Å². The number of amides is 1. The first-order valence-corrected chi connectivity index (χ1v) is 10.5. The third kappa shape index (κ3) is 4.86. The van der Waals surface area contributed by atoms with E-state index in [1.165, 1.54) is 11.3 Å². The SMILES string of the molecule is CCOc1cccc2sc(N(CCCN(C)C)C(=O)c3ccccc3OC)nc12. The molecule has 0 atom stereocenters. The van der Waals surface area contributed by atoms with Crippen LogP contribution in [0.1, 0.15) is 23.7 Å². The van der Waals surface area contributed by atoms with Crippen LogP contribution < -0.4 is 14.4 Å². The molecule has 0 fully saturated rings. The highest BCUT2D eigenvalue weighted by molar-refractivity contribution is 7.22. The maximum absolute atomic E-state index is 13.5. The molecule has 0 bridgehead atoms. The van der Waals surface area contributed by atoms with E-state index in [1.807, 2.05) is 51.4 Å². The van der Waals surface area contributed by atoms with E-state index < -0.39 is 0 Å². The number of rotatable bonds is 9. The Hall–Kier alpha value is -2.64. The molecule has 0 saturated heterocycles. The highest BCUT2D eigenvalue weighted by Gasteiger charge is 2.24. The number of methoxy groups -OCH3 is 1. The quantitative estimate of drug-likeness (QED) is 0.523. The van der Waals surface area contributed by atoms with E-state index in [0.717, 1.165) is 28.9 Å². The van der Waals surface area contributed by atoms with E-state index in [4.69, 9.17) is 14.5 Å². The van der Waals surface area contributed by atoms with E-state index in [-0.39, 0.29) is 5.91 Å². The number of aromatic nitrogens is 1. The number of fused-ring (bicyclic) bond motifs is 1. The molecule has 0 saturated carbocycles. The van der Waals surface area contributed by atoms with Crippen LogP contribution in [0.3, 0.4) is 0 Å². The van der Waals surface area contributed by atoms with Crippen molar-refractivity contribution in [3.05, 3.63) is 48.0 Å². The van der Waals surface area contributed by atoms with Crippen molar-refractivity contribution in [2.45, 2.75) is 13.3 Å². The van der Waals surface area contributed by atoms with Crippen molar-refractivity contribution in [2.24, 2.45) is 0 Å². The predicted molar refractivity (Wildman–Crippen MR) is 119 cm³/mol. The van der Waals surface area contributed by atoms with Crippen LogP contribution in [0.4, 0.5) is 5.13 Å². The Morgan fingerprint density at radius 3 is 2.55 bits per heavy atom. The van der Waals surface area contributed by atoms with Crippen molar-refractivity contribution in [1.29, 1.82) is 0 Å². The van der Waals surface area contributed by atoms with Crippen LogP contribution in [0.5, 0.6) is 11.5 Å². The van der Waals surface area contributed by atoms with Gasteiger partial charge in [-0.25, -0.2) is 4.98 Å². The van der Waals surface area contributed by atoms with Crippen molar-refractivity contribution in [2.75, 3.05) is 45.8 Å². The predicted octanol–water partition coefficient (Wildman–Crippen LogP) is 4.30. The van der Waals surface area contributed by atoms with E-state index in [1.54, 1.807) is 24.1 Å². The van der Waals surface area contributed by atoms with Crippen molar-refractivity contribution >= 4 is 32.6 Å². The lowest BCUT2D eigenvalue weighted by Crippen LogP contribution is -2.33. The van der Waals surface area contributed by atoms with Crippen molar-refractivity contribution in [3.8, 4) is 11.5 Å². The first-order chi connectivity index (χ1) is 14.0. The molecule has 154 valence electrons. The Morgan fingerprint density at radius 2 is 1.83 bits per heavy atom. The molecular formula is C22H27N3O3S. The number of ether oxygens (including phenoxy) is 2. The fraction of sp³-hybridized carbons (Fsp3) is 0.364. The minimum absolute atomic E-state index is 0.113. The van der Waals surface area contributed by atoms with Crippen LogP contribution in [-0.4, -0.2) is 56.7 Å². The number of hydrogen-bond acceptors (Lipinski definition) is 6. The molecule has 1 heterocycles. The molecule has 0 unspecified atom stereocenters. The van der Waals surface area contributed by atoms with E-state index in [0.29, 0.717) is 29.6 Å². The molecule has 2 aromatic carbocycles. The monoisotopic (exact) mass is 413 g/mol. The van der Waals surface area contributed by atoms with Gasteiger partial charge in [0.05, 0.1) is 24.0 Å². The smallest absolute Gasteiger partial charge is 0.263 e. The summed E-state index contributed by atoms with van der Waals surface area (Å²) in [6, 6.07) is 13.2. The molecule has 3 aromatic rings. The maximum atomic E-state index is 13.5. The number of anilines is 1. The lowest BCUT2D eigenvalue weighted by atomic mass is 10.1. The first kappa shape index (κ1) is 21.1. The van der Waals surface area contributed by atoms with Crippen LogP contribution in [0.15, 0.2) is 42.5 Å². The Balaban J connectivity index is 2.00. The van der Waals surface area contributed by atoms with Gasteiger partial charge in [0.25, 0.3) is 5.91 Å². The van der Waals surface area contributed by atoms with Crippen LogP contribution >= 0.6 is 11.3 Å². The van der Waals surface area contributed by atoms with Crippen molar-refractivity contribution in [1.82, 2.24) is 9.88 Å². The number of nitrogens with zero attached hydrogens (tertiary/aromatic N) is 3. The van der Waals surface area contributed by atoms with Gasteiger partial charge in [-0.1, -0.05) is 29.5 Å². The molecule has 6 nitrogen and oxygen atoms in total. The third-order valence-electron chi connectivity index (χ3n) is 4.47. The maximum Gasteiger partial charge on any atom is 0.263 e. The molecule has 29 heavy (non-hydrogen) atoms. The number of thiazole rings is 1. The molecule has 0 aliphatic rings. The largest absolute Gasteiger partial charge is 0.496 e. The summed E-state index contributed by atoms with van der Waals surface area (Å²) in [5.74, 6) is 1.19. The van der Waals surface area contributed by atoms with Crippen molar-refractivity contribution in [3.63, 3.8) is 0 Å². The van der Waals surface area contributed by atoms with Crippen LogP contribution in [0.2, 0.25) is 0 Å². The van der Waals surface area contributed by atoms with Crippen LogP contribution in [0, 0.1) is 0 Å². The van der Waals surface area contributed by atoms with Gasteiger partial charge < -0.3 is 14.4 Å². The first-order valence-electron chi connectivity index (χ1n) is 9.67. The van der Waals surface area contributed by atoms with Gasteiger partial charge in [-0.3, -0.25) is 9.69 Å². The number of carbonyl (C=O) groups is 1. The zero-order valence-corrected chi connectivity index (χ0v) is 18.2. The zero-order valence-electron chi connectivity index (χ0n) is 17.3. The fourth-order valence-electron chi connectivity index (χ4n) is 3.09. The lowest BCUT2D eigenvalue weighted by molar-refractivity contribution is 0.0983. The number of carbonyl (C=O) groups excluding carboxylic acids is 1. The summed E-state index contributed by atoms with van der Waals surface area (Å²) in [6.45, 7) is 3.97. The van der Waals surface area contributed by atoms with E-state index >= 15 is 0 Å². The highest BCUT2D eigenvalue weighted by Crippen LogP contribution is 2.35. The average Bonchev–Trinajstić information content (AvgIpc) is 3.15. The van der Waals surface area contributed by atoms with Crippen LogP contribution in [0.25, 0.3) is 10.2 Å². The topological polar surface area (TPSA) is 54.9 Å². The summed E-state index contributed by atoms with van der Waals surface area (Å²) in [4.78, 5) is 22.1. The normalized spacial score (nSPS) is 11.1. The summed E-state index contributed by atoms with van der Waals surface area (Å²) in [5, 5.41) is 0.668. The standard InChI is InChI=1S/C22H27N3O3S/c1-5-28-18-12-8-13-19-20(18)23-22(29-19)25(15-9-14-24(2)3)21(26)16-10-6-7-11-17(16)27-4/h6-8,10-13H,5,9,14-15H2,1-4H3. The molecule has 7 heteroatoms. The second kappa shape index (κ2) is 9.71. The molecule has 0 aliphatic heterocycles. The second-order valence-corrected chi connectivity index (χ2v) is 7.86. The summed E-state index contributed by atoms with van der Waals surface area (Å²) in [7, 11) is 5.63. The molecule has 0 aliphatic carbocycles. The van der Waals surface area contributed by atoms with Crippen molar-refractivity contribution < 1.29 is 14.3 Å². The summed E-state index contributed by atoms with van der Waals surface area (Å²) >= 11 is 1.50. The summed E-state index contributed by atoms with van der Waals surface area (Å²) in [6.07, 6.45) is 0.835. The van der Waals surface area contributed by atoms with Gasteiger partial charge in [0.1, 0.15) is 17.0 Å². The minimum Gasteiger partial charge on any atom is -0.496 e. The molecule has 0 radical (unpaired) electrons. The number of benzene rings is 2. The number of hydrogen-bond donors (Lipinski definition) is 0. The Labute approximate surface area is 175 Å².